The average Bonchev–Trinajstić information content (AvgIpc) is 2.28. The van der Waals surface area contributed by atoms with Crippen LogP contribution in [-0.4, -0.2) is 7.11 Å². The smallest absolute Gasteiger partial charge is 0.133 e. The van der Waals surface area contributed by atoms with Crippen molar-refractivity contribution < 1.29 is 4.74 Å². The molecule has 16 heavy (non-hydrogen) atoms. The van der Waals surface area contributed by atoms with E-state index in [1.165, 1.54) is 18.4 Å². The topological polar surface area (TPSA) is 9.23 Å². The maximum atomic E-state index is 5.23. The van der Waals surface area contributed by atoms with Crippen molar-refractivity contribution in [3.8, 4) is 5.75 Å². The number of rotatable bonds is 5. The largest absolute Gasteiger partial charge is 0.496 e. The van der Waals surface area contributed by atoms with E-state index in [9.17, 15) is 0 Å². The van der Waals surface area contributed by atoms with Crippen molar-refractivity contribution in [2.24, 2.45) is 5.92 Å². The Morgan fingerprint density at radius 1 is 1.38 bits per heavy atom. The highest BCUT2D eigenvalue weighted by Crippen LogP contribution is 2.36. The highest BCUT2D eigenvalue weighted by atomic mass is 79.9. The Kier molecular flexibility index (Phi) is 5.84. The first-order chi connectivity index (χ1) is 7.60. The number of hydrogen-bond acceptors (Lipinski definition) is 1. The Morgan fingerprint density at radius 2 is 2.06 bits per heavy atom. The number of ether oxygens (including phenoxy) is 1. The number of methoxy groups -OCH3 is 1. The Balaban J connectivity index is 2.84. The molecule has 0 N–H and O–H groups in total. The normalized spacial score (nSPS) is 14.6. The number of hydrogen-bond donors (Lipinski definition) is 0. The van der Waals surface area contributed by atoms with Crippen LogP contribution in [0.4, 0.5) is 0 Å². The molecule has 1 nitrogen and oxygen atoms in total. The van der Waals surface area contributed by atoms with Gasteiger partial charge in [0.05, 0.1) is 11.6 Å². The molecule has 0 amide bonds. The van der Waals surface area contributed by atoms with Gasteiger partial charge in [0.1, 0.15) is 5.75 Å². The van der Waals surface area contributed by atoms with E-state index in [1.807, 2.05) is 6.07 Å². The van der Waals surface area contributed by atoms with Gasteiger partial charge in [-0.3, -0.25) is 0 Å². The molecule has 2 unspecified atom stereocenters. The SMILES string of the molecule is CCCC(C)C(Br)c1ccc(OC)c(Br)c1. The number of halogens is 2. The molecule has 0 aromatic heterocycles. The summed E-state index contributed by atoms with van der Waals surface area (Å²) in [6.07, 6.45) is 2.46. The molecule has 0 aliphatic heterocycles. The van der Waals surface area contributed by atoms with Crippen molar-refractivity contribution in [2.45, 2.75) is 31.5 Å². The highest BCUT2D eigenvalue weighted by Gasteiger charge is 2.16. The van der Waals surface area contributed by atoms with E-state index >= 15 is 0 Å². The molecule has 0 aliphatic rings. The van der Waals surface area contributed by atoms with Crippen LogP contribution >= 0.6 is 31.9 Å². The van der Waals surface area contributed by atoms with Crippen LogP contribution in [0.25, 0.3) is 0 Å². The Morgan fingerprint density at radius 3 is 2.56 bits per heavy atom. The minimum absolute atomic E-state index is 0.412. The molecular weight excluding hydrogens is 332 g/mol. The van der Waals surface area contributed by atoms with Crippen LogP contribution in [0.2, 0.25) is 0 Å². The van der Waals surface area contributed by atoms with Gasteiger partial charge in [-0.05, 0) is 46.0 Å². The molecule has 2 atom stereocenters. The molecule has 3 heteroatoms. The average molecular weight is 350 g/mol. The highest BCUT2D eigenvalue weighted by molar-refractivity contribution is 9.10. The summed E-state index contributed by atoms with van der Waals surface area (Å²) in [6, 6.07) is 6.26. The summed E-state index contributed by atoms with van der Waals surface area (Å²) in [7, 11) is 1.69. The van der Waals surface area contributed by atoms with E-state index < -0.39 is 0 Å². The fourth-order valence-electron chi connectivity index (χ4n) is 1.78. The third kappa shape index (κ3) is 3.49. The molecule has 90 valence electrons. The summed E-state index contributed by atoms with van der Waals surface area (Å²) in [6.45, 7) is 4.50. The fraction of sp³-hybridized carbons (Fsp3) is 0.538. The lowest BCUT2D eigenvalue weighted by Gasteiger charge is -2.18. The summed E-state index contributed by atoms with van der Waals surface area (Å²) in [4.78, 5) is 0.412. The van der Waals surface area contributed by atoms with Crippen molar-refractivity contribution in [3.05, 3.63) is 28.2 Å². The van der Waals surface area contributed by atoms with Gasteiger partial charge in [-0.1, -0.05) is 42.3 Å². The van der Waals surface area contributed by atoms with Gasteiger partial charge in [-0.15, -0.1) is 0 Å². The van der Waals surface area contributed by atoms with Gasteiger partial charge in [0.2, 0.25) is 0 Å². The minimum atomic E-state index is 0.412. The zero-order valence-corrected chi connectivity index (χ0v) is 13.1. The molecule has 0 saturated carbocycles. The van der Waals surface area contributed by atoms with E-state index in [0.717, 1.165) is 10.2 Å². The lowest BCUT2D eigenvalue weighted by atomic mass is 9.97. The third-order valence-electron chi connectivity index (χ3n) is 2.74. The van der Waals surface area contributed by atoms with Crippen molar-refractivity contribution >= 4 is 31.9 Å². The molecule has 1 aromatic carbocycles. The summed E-state index contributed by atoms with van der Waals surface area (Å²) in [5.41, 5.74) is 1.30. The second-order valence-electron chi connectivity index (χ2n) is 4.06. The quantitative estimate of drug-likeness (QED) is 0.653. The summed E-state index contributed by atoms with van der Waals surface area (Å²) < 4.78 is 6.24. The second kappa shape index (κ2) is 6.65. The predicted molar refractivity (Wildman–Crippen MR) is 76.4 cm³/mol. The first-order valence-corrected chi connectivity index (χ1v) is 7.28. The van der Waals surface area contributed by atoms with E-state index in [2.05, 4.69) is 57.8 Å². The summed E-state index contributed by atoms with van der Waals surface area (Å²) in [5, 5.41) is 0. The monoisotopic (exact) mass is 348 g/mol. The van der Waals surface area contributed by atoms with Crippen LogP contribution in [0.5, 0.6) is 5.75 Å². The zero-order chi connectivity index (χ0) is 12.1. The molecule has 0 saturated heterocycles. The summed E-state index contributed by atoms with van der Waals surface area (Å²) in [5.74, 6) is 1.52. The van der Waals surface area contributed by atoms with E-state index in [1.54, 1.807) is 7.11 Å². The molecule has 1 rings (SSSR count). The van der Waals surface area contributed by atoms with Gasteiger partial charge in [-0.2, -0.15) is 0 Å². The number of benzene rings is 1. The van der Waals surface area contributed by atoms with Gasteiger partial charge in [0.25, 0.3) is 0 Å². The van der Waals surface area contributed by atoms with Crippen molar-refractivity contribution in [3.63, 3.8) is 0 Å². The van der Waals surface area contributed by atoms with Gasteiger partial charge in [0.15, 0.2) is 0 Å². The molecular formula is C13H18Br2O. The molecule has 0 spiro atoms. The van der Waals surface area contributed by atoms with Gasteiger partial charge >= 0.3 is 0 Å². The standard InChI is InChI=1S/C13H18Br2O/c1-4-5-9(2)13(15)10-6-7-12(16-3)11(14)8-10/h6-9,13H,4-5H2,1-3H3. The molecule has 0 bridgehead atoms. The third-order valence-corrected chi connectivity index (χ3v) is 4.79. The van der Waals surface area contributed by atoms with E-state index in [0.29, 0.717) is 10.7 Å². The van der Waals surface area contributed by atoms with Crippen LogP contribution < -0.4 is 4.74 Å². The summed E-state index contributed by atoms with van der Waals surface area (Å²) >= 11 is 7.29. The maximum Gasteiger partial charge on any atom is 0.133 e. The lowest BCUT2D eigenvalue weighted by molar-refractivity contribution is 0.411. The first-order valence-electron chi connectivity index (χ1n) is 5.57. The molecule has 0 fully saturated rings. The second-order valence-corrected chi connectivity index (χ2v) is 5.90. The van der Waals surface area contributed by atoms with Crippen LogP contribution in [0, 0.1) is 5.92 Å². The Bertz CT molecular complexity index is 339. The van der Waals surface area contributed by atoms with Crippen LogP contribution in [-0.2, 0) is 0 Å². The van der Waals surface area contributed by atoms with Gasteiger partial charge < -0.3 is 4.74 Å². The van der Waals surface area contributed by atoms with Crippen molar-refractivity contribution in [1.29, 1.82) is 0 Å². The minimum Gasteiger partial charge on any atom is -0.496 e. The van der Waals surface area contributed by atoms with Crippen molar-refractivity contribution in [1.82, 2.24) is 0 Å². The molecule has 0 radical (unpaired) electrons. The number of alkyl halides is 1. The van der Waals surface area contributed by atoms with E-state index in [4.69, 9.17) is 4.74 Å². The lowest BCUT2D eigenvalue weighted by Crippen LogP contribution is -2.03. The van der Waals surface area contributed by atoms with Crippen molar-refractivity contribution in [2.75, 3.05) is 7.11 Å². The van der Waals surface area contributed by atoms with Crippen LogP contribution in [0.1, 0.15) is 37.1 Å². The van der Waals surface area contributed by atoms with Gasteiger partial charge in [0, 0.05) is 4.83 Å². The Labute approximate surface area is 115 Å². The first kappa shape index (κ1) is 14.0. The molecule has 0 aliphatic carbocycles. The van der Waals surface area contributed by atoms with Crippen LogP contribution in [0.3, 0.4) is 0 Å². The molecule has 1 aromatic rings. The fourth-order valence-corrected chi connectivity index (χ4v) is 2.89. The Hall–Kier alpha value is -0.0200. The van der Waals surface area contributed by atoms with Gasteiger partial charge in [-0.25, -0.2) is 0 Å². The van der Waals surface area contributed by atoms with E-state index in [-0.39, 0.29) is 0 Å². The zero-order valence-electron chi connectivity index (χ0n) is 9.97. The molecule has 0 heterocycles. The maximum absolute atomic E-state index is 5.23. The van der Waals surface area contributed by atoms with Crippen LogP contribution in [0.15, 0.2) is 22.7 Å². The predicted octanol–water partition coefficient (Wildman–Crippen LogP) is 5.33.